The van der Waals surface area contributed by atoms with E-state index in [4.69, 9.17) is 17.2 Å². The Morgan fingerprint density at radius 3 is 2.13 bits per heavy atom. The van der Waals surface area contributed by atoms with Gasteiger partial charge in [-0.3, -0.25) is 24.0 Å². The summed E-state index contributed by atoms with van der Waals surface area (Å²) in [7, 11) is 0. The SMILES string of the molecule is CC[C@H](C)[C@H](NC(=O)[C@H](Cc1cnc[nH]1)NC(=O)[C@@H]1CCCN1C(=O)[C@H](CCCCN)NC(=O)[C@@H](N)CCCCN)C(=O)N[C@@H](CC(C)C)C(=O)O. The van der Waals surface area contributed by atoms with E-state index >= 15 is 0 Å². The van der Waals surface area contributed by atoms with Crippen molar-refractivity contribution in [2.45, 2.75) is 135 Å². The number of aromatic amines is 1. The minimum Gasteiger partial charge on any atom is -0.480 e. The van der Waals surface area contributed by atoms with E-state index in [9.17, 15) is 33.9 Å². The topological polar surface area (TPSA) is 281 Å². The average molecular weight is 735 g/mol. The lowest BCUT2D eigenvalue weighted by atomic mass is 9.96. The molecule has 0 radical (unpaired) electrons. The standard InChI is InChI=1S/C35H62N10O7/c1-5-22(4)29(33(49)43-27(35(51)52)17-21(2)3)44-31(47)26(18-23-19-39-20-40-23)42-32(48)28-13-10-16-45(28)34(50)25(12-7-9-15-37)41-30(46)24(38)11-6-8-14-36/h19-22,24-29H,5-18,36-38H2,1-4H3,(H,39,40)(H,41,46)(H,42,48)(H,43,49)(H,44,47)(H,51,52)/t22-,24-,25-,26-,27-,28-,29-/m0/s1. The second kappa shape index (κ2) is 22.8. The van der Waals surface area contributed by atoms with Gasteiger partial charge in [-0.2, -0.15) is 0 Å². The summed E-state index contributed by atoms with van der Waals surface area (Å²) in [6.45, 7) is 8.47. The van der Waals surface area contributed by atoms with Crippen molar-refractivity contribution < 1.29 is 33.9 Å². The van der Waals surface area contributed by atoms with Gasteiger partial charge in [-0.15, -0.1) is 0 Å². The minimum atomic E-state index is -1.18. The number of carbonyl (C=O) groups excluding carboxylic acids is 5. The number of H-pyrrole nitrogens is 1. The molecule has 12 N–H and O–H groups in total. The second-order valence-corrected chi connectivity index (χ2v) is 14.2. The van der Waals surface area contributed by atoms with Crippen LogP contribution in [0.2, 0.25) is 0 Å². The molecule has 17 nitrogen and oxygen atoms in total. The van der Waals surface area contributed by atoms with Crippen LogP contribution < -0.4 is 38.5 Å². The third-order valence-corrected chi connectivity index (χ3v) is 9.43. The molecule has 17 heteroatoms. The van der Waals surface area contributed by atoms with E-state index in [2.05, 4.69) is 31.2 Å². The molecule has 2 heterocycles. The number of nitrogens with two attached hydrogens (primary N) is 3. The van der Waals surface area contributed by atoms with E-state index in [1.807, 2.05) is 20.8 Å². The zero-order valence-corrected chi connectivity index (χ0v) is 31.2. The molecule has 1 aliphatic heterocycles. The number of hydrogen-bond donors (Lipinski definition) is 9. The Labute approximate surface area is 306 Å². The largest absolute Gasteiger partial charge is 0.480 e. The summed E-state index contributed by atoms with van der Waals surface area (Å²) in [5, 5.41) is 20.6. The smallest absolute Gasteiger partial charge is 0.326 e. The van der Waals surface area contributed by atoms with E-state index in [1.54, 1.807) is 6.92 Å². The molecule has 0 bridgehead atoms. The Morgan fingerprint density at radius 2 is 1.56 bits per heavy atom. The first-order valence-corrected chi connectivity index (χ1v) is 18.6. The van der Waals surface area contributed by atoms with Crippen LogP contribution in [0.4, 0.5) is 0 Å². The number of carbonyl (C=O) groups is 6. The summed E-state index contributed by atoms with van der Waals surface area (Å²) in [5.41, 5.74) is 17.9. The molecule has 0 spiro atoms. The van der Waals surface area contributed by atoms with Crippen LogP contribution in [-0.2, 0) is 35.2 Å². The van der Waals surface area contributed by atoms with Gasteiger partial charge >= 0.3 is 5.97 Å². The Kier molecular flexibility index (Phi) is 19.3. The predicted molar refractivity (Wildman–Crippen MR) is 195 cm³/mol. The summed E-state index contributed by atoms with van der Waals surface area (Å²) >= 11 is 0. The molecule has 1 saturated heterocycles. The van der Waals surface area contributed by atoms with Gasteiger partial charge in [-0.05, 0) is 76.3 Å². The molecule has 0 aromatic carbocycles. The first-order valence-electron chi connectivity index (χ1n) is 18.6. The van der Waals surface area contributed by atoms with Crippen LogP contribution >= 0.6 is 0 Å². The van der Waals surface area contributed by atoms with Crippen LogP contribution in [0.1, 0.15) is 97.6 Å². The fourth-order valence-corrected chi connectivity index (χ4v) is 6.18. The number of aromatic nitrogens is 2. The second-order valence-electron chi connectivity index (χ2n) is 14.2. The van der Waals surface area contributed by atoms with Gasteiger partial charge in [-0.1, -0.05) is 40.5 Å². The highest BCUT2D eigenvalue weighted by Crippen LogP contribution is 2.21. The van der Waals surface area contributed by atoms with Crippen LogP contribution in [-0.4, -0.2) is 111 Å². The van der Waals surface area contributed by atoms with Gasteiger partial charge < -0.3 is 53.5 Å². The fraction of sp³-hybridized carbons (Fsp3) is 0.743. The van der Waals surface area contributed by atoms with Gasteiger partial charge in [0.15, 0.2) is 0 Å². The third kappa shape index (κ3) is 14.1. The van der Waals surface area contributed by atoms with Crippen molar-refractivity contribution >= 4 is 35.5 Å². The molecule has 52 heavy (non-hydrogen) atoms. The molecule has 7 atom stereocenters. The number of unbranched alkanes of at least 4 members (excludes halogenated alkanes) is 2. The lowest BCUT2D eigenvalue weighted by Crippen LogP contribution is -2.60. The predicted octanol–water partition coefficient (Wildman–Crippen LogP) is -0.355. The zero-order valence-electron chi connectivity index (χ0n) is 31.2. The number of likely N-dealkylation sites (tertiary alicyclic amines) is 1. The molecule has 1 fully saturated rings. The summed E-state index contributed by atoms with van der Waals surface area (Å²) in [4.78, 5) is 88.4. The van der Waals surface area contributed by atoms with Gasteiger partial charge in [0.1, 0.15) is 30.2 Å². The van der Waals surface area contributed by atoms with Crippen molar-refractivity contribution in [1.29, 1.82) is 0 Å². The van der Waals surface area contributed by atoms with Gasteiger partial charge in [0.25, 0.3) is 0 Å². The first-order chi connectivity index (χ1) is 24.7. The molecular formula is C35H62N10O7. The van der Waals surface area contributed by atoms with Crippen molar-refractivity contribution in [2.24, 2.45) is 29.0 Å². The Hall–Kier alpha value is -4.09. The molecule has 5 amide bonds. The molecule has 2 rings (SSSR count). The molecular weight excluding hydrogens is 672 g/mol. The third-order valence-electron chi connectivity index (χ3n) is 9.43. The number of rotatable bonds is 24. The summed E-state index contributed by atoms with van der Waals surface area (Å²) in [5.74, 6) is -4.30. The van der Waals surface area contributed by atoms with Crippen LogP contribution in [0, 0.1) is 11.8 Å². The van der Waals surface area contributed by atoms with E-state index in [1.165, 1.54) is 17.4 Å². The average Bonchev–Trinajstić information content (AvgIpc) is 3.81. The number of aliphatic carboxylic acids is 1. The molecule has 1 aromatic heterocycles. The Morgan fingerprint density at radius 1 is 0.904 bits per heavy atom. The maximum absolute atomic E-state index is 13.9. The number of nitrogens with zero attached hydrogens (tertiary/aromatic N) is 2. The van der Waals surface area contributed by atoms with Crippen LogP contribution in [0.25, 0.3) is 0 Å². The van der Waals surface area contributed by atoms with Gasteiger partial charge in [-0.25, -0.2) is 9.78 Å². The summed E-state index contributed by atoms with van der Waals surface area (Å²) in [6, 6.07) is -6.06. The van der Waals surface area contributed by atoms with Gasteiger partial charge in [0, 0.05) is 24.9 Å². The number of carboxylic acid groups (broad SMARTS) is 1. The number of imidazole rings is 1. The van der Waals surface area contributed by atoms with Crippen molar-refractivity contribution in [3.8, 4) is 0 Å². The van der Waals surface area contributed by atoms with Crippen molar-refractivity contribution in [1.82, 2.24) is 36.1 Å². The molecule has 1 aliphatic rings. The molecule has 294 valence electrons. The zero-order chi connectivity index (χ0) is 38.8. The minimum absolute atomic E-state index is 0.00198. The molecule has 1 aromatic rings. The van der Waals surface area contributed by atoms with E-state index in [0.29, 0.717) is 70.2 Å². The van der Waals surface area contributed by atoms with E-state index in [-0.39, 0.29) is 31.2 Å². The number of nitrogens with one attached hydrogen (secondary N) is 5. The van der Waals surface area contributed by atoms with Crippen molar-refractivity contribution in [3.63, 3.8) is 0 Å². The number of amides is 5. The normalized spacial score (nSPS) is 17.8. The van der Waals surface area contributed by atoms with Crippen LogP contribution in [0.15, 0.2) is 12.5 Å². The maximum Gasteiger partial charge on any atom is 0.326 e. The Bertz CT molecular complexity index is 1290. The van der Waals surface area contributed by atoms with Crippen LogP contribution in [0.3, 0.4) is 0 Å². The fourth-order valence-electron chi connectivity index (χ4n) is 6.18. The summed E-state index contributed by atoms with van der Waals surface area (Å²) < 4.78 is 0. The number of carboxylic acids is 1. The lowest BCUT2D eigenvalue weighted by Gasteiger charge is -2.31. The highest BCUT2D eigenvalue weighted by Gasteiger charge is 2.40. The van der Waals surface area contributed by atoms with Crippen LogP contribution in [0.5, 0.6) is 0 Å². The molecule has 0 unspecified atom stereocenters. The number of hydrogen-bond acceptors (Lipinski definition) is 10. The molecule has 0 aliphatic carbocycles. The highest BCUT2D eigenvalue weighted by molar-refractivity contribution is 5.96. The lowest BCUT2D eigenvalue weighted by molar-refractivity contribution is -0.143. The highest BCUT2D eigenvalue weighted by atomic mass is 16.4. The monoisotopic (exact) mass is 734 g/mol. The quantitative estimate of drug-likeness (QED) is 0.0619. The maximum atomic E-state index is 13.9. The van der Waals surface area contributed by atoms with Crippen molar-refractivity contribution in [2.75, 3.05) is 19.6 Å². The van der Waals surface area contributed by atoms with E-state index in [0.717, 1.165) is 6.42 Å². The Balaban J connectivity index is 2.28. The van der Waals surface area contributed by atoms with Gasteiger partial charge in [0.05, 0.1) is 12.4 Å². The first kappa shape index (κ1) is 44.1. The van der Waals surface area contributed by atoms with E-state index < -0.39 is 71.8 Å². The molecule has 0 saturated carbocycles. The summed E-state index contributed by atoms with van der Waals surface area (Å²) in [6.07, 6.45) is 7.84. The van der Waals surface area contributed by atoms with Gasteiger partial charge in [0.2, 0.25) is 29.5 Å². The van der Waals surface area contributed by atoms with Crippen molar-refractivity contribution in [3.05, 3.63) is 18.2 Å².